The number of aromatic nitrogens is 3. The Balaban J connectivity index is 1.84. The van der Waals surface area contributed by atoms with Gasteiger partial charge in [-0.05, 0) is 57.4 Å². The number of hydrogen-bond donors (Lipinski definition) is 1. The number of halogens is 3. The van der Waals surface area contributed by atoms with Gasteiger partial charge in [0.1, 0.15) is 5.76 Å². The molecule has 0 aliphatic rings. The van der Waals surface area contributed by atoms with Crippen molar-refractivity contribution in [1.82, 2.24) is 14.7 Å². The first-order chi connectivity index (χ1) is 17.4. The van der Waals surface area contributed by atoms with Crippen molar-refractivity contribution in [3.8, 4) is 11.1 Å². The van der Waals surface area contributed by atoms with Gasteiger partial charge in [0.25, 0.3) is 0 Å². The zero-order chi connectivity index (χ0) is 26.5. The SMILES string of the molecule is Cc1noc(C)c1-c1cnc2c3ccc(C(C)(C)O)cc3n([C@H](CCC(F)(F)F)c3ccccc3)c2c1. The number of pyridine rings is 1. The number of rotatable bonds is 6. The molecular weight excluding hydrogens is 479 g/mol. The highest BCUT2D eigenvalue weighted by Crippen LogP contribution is 2.40. The summed E-state index contributed by atoms with van der Waals surface area (Å²) in [5.74, 6) is 0.641. The summed E-state index contributed by atoms with van der Waals surface area (Å²) in [6.07, 6.45) is -3.63. The van der Waals surface area contributed by atoms with Gasteiger partial charge in [0.15, 0.2) is 0 Å². The summed E-state index contributed by atoms with van der Waals surface area (Å²) in [4.78, 5) is 4.77. The summed E-state index contributed by atoms with van der Waals surface area (Å²) in [5.41, 5.74) is 4.71. The molecule has 3 heterocycles. The molecule has 2 aromatic carbocycles. The van der Waals surface area contributed by atoms with E-state index in [4.69, 9.17) is 9.51 Å². The van der Waals surface area contributed by atoms with Crippen molar-refractivity contribution in [2.24, 2.45) is 0 Å². The van der Waals surface area contributed by atoms with Gasteiger partial charge in [-0.3, -0.25) is 4.98 Å². The Labute approximate surface area is 212 Å². The fourth-order valence-electron chi connectivity index (χ4n) is 5.07. The summed E-state index contributed by atoms with van der Waals surface area (Å²) in [7, 11) is 0. The molecule has 0 saturated heterocycles. The maximum atomic E-state index is 13.5. The van der Waals surface area contributed by atoms with Crippen LogP contribution in [0.3, 0.4) is 0 Å². The van der Waals surface area contributed by atoms with E-state index in [0.717, 1.165) is 22.1 Å². The van der Waals surface area contributed by atoms with Crippen LogP contribution in [0.2, 0.25) is 0 Å². The molecule has 0 aliphatic heterocycles. The van der Waals surface area contributed by atoms with Crippen molar-refractivity contribution in [3.05, 3.63) is 83.4 Å². The zero-order valence-corrected chi connectivity index (χ0v) is 21.1. The van der Waals surface area contributed by atoms with Crippen molar-refractivity contribution in [2.75, 3.05) is 0 Å². The lowest BCUT2D eigenvalue weighted by molar-refractivity contribution is -0.136. The number of aryl methyl sites for hydroxylation is 2. The van der Waals surface area contributed by atoms with Crippen molar-refractivity contribution in [3.63, 3.8) is 0 Å². The molecule has 37 heavy (non-hydrogen) atoms. The van der Waals surface area contributed by atoms with E-state index in [1.54, 1.807) is 20.0 Å². The Morgan fingerprint density at radius 3 is 2.35 bits per heavy atom. The Morgan fingerprint density at radius 2 is 1.73 bits per heavy atom. The third-order valence-electron chi connectivity index (χ3n) is 6.87. The Morgan fingerprint density at radius 1 is 1.00 bits per heavy atom. The third kappa shape index (κ3) is 4.73. The molecule has 5 rings (SSSR count). The normalized spacial score (nSPS) is 13.5. The molecule has 0 spiro atoms. The summed E-state index contributed by atoms with van der Waals surface area (Å²) < 4.78 is 47.8. The van der Waals surface area contributed by atoms with Gasteiger partial charge in [0.2, 0.25) is 0 Å². The smallest absolute Gasteiger partial charge is 0.386 e. The molecular formula is C29H28F3N3O2. The molecule has 5 aromatic rings. The van der Waals surface area contributed by atoms with Crippen LogP contribution < -0.4 is 0 Å². The monoisotopic (exact) mass is 507 g/mol. The molecule has 0 radical (unpaired) electrons. The molecule has 1 atom stereocenters. The standard InChI is InChI=1S/C29H28F3N3O2/c1-17-26(18(2)37-34-17)20-14-25-27(33-16-20)22-11-10-21(28(3,4)36)15-24(22)35(25)23(12-13-29(30,31)32)19-8-6-5-7-9-19/h5-11,14-16,23,36H,12-13H2,1-4H3/t23-/m1/s1. The number of nitrogens with zero attached hydrogens (tertiary/aromatic N) is 3. The van der Waals surface area contributed by atoms with E-state index in [-0.39, 0.29) is 6.42 Å². The quantitative estimate of drug-likeness (QED) is 0.257. The lowest BCUT2D eigenvalue weighted by atomic mass is 9.97. The summed E-state index contributed by atoms with van der Waals surface area (Å²) in [5, 5.41) is 15.6. The second-order valence-electron chi connectivity index (χ2n) is 10.0. The maximum absolute atomic E-state index is 13.5. The summed E-state index contributed by atoms with van der Waals surface area (Å²) >= 11 is 0. The number of aliphatic hydroxyl groups is 1. The molecule has 3 aromatic heterocycles. The van der Waals surface area contributed by atoms with Crippen LogP contribution in [-0.4, -0.2) is 26.0 Å². The minimum absolute atomic E-state index is 0.144. The molecule has 0 aliphatic carbocycles. The van der Waals surface area contributed by atoms with Gasteiger partial charge >= 0.3 is 6.18 Å². The van der Waals surface area contributed by atoms with Crippen LogP contribution in [-0.2, 0) is 5.60 Å². The Bertz CT molecular complexity index is 1560. The van der Waals surface area contributed by atoms with E-state index in [9.17, 15) is 18.3 Å². The van der Waals surface area contributed by atoms with Gasteiger partial charge in [-0.1, -0.05) is 47.6 Å². The molecule has 0 amide bonds. The fourth-order valence-corrected chi connectivity index (χ4v) is 5.07. The lowest BCUT2D eigenvalue weighted by Crippen LogP contribution is -2.17. The van der Waals surface area contributed by atoms with E-state index in [1.165, 1.54) is 0 Å². The van der Waals surface area contributed by atoms with Crippen molar-refractivity contribution >= 4 is 21.9 Å². The van der Waals surface area contributed by atoms with Crippen molar-refractivity contribution in [2.45, 2.75) is 58.4 Å². The van der Waals surface area contributed by atoms with Crippen LogP contribution in [0.4, 0.5) is 13.2 Å². The molecule has 8 heteroatoms. The third-order valence-corrected chi connectivity index (χ3v) is 6.87. The second kappa shape index (κ2) is 9.03. The average molecular weight is 508 g/mol. The molecule has 0 bridgehead atoms. The lowest BCUT2D eigenvalue weighted by Gasteiger charge is -2.24. The van der Waals surface area contributed by atoms with E-state index >= 15 is 0 Å². The molecule has 192 valence electrons. The van der Waals surface area contributed by atoms with Gasteiger partial charge in [0, 0.05) is 29.1 Å². The number of fused-ring (bicyclic) bond motifs is 3. The van der Waals surface area contributed by atoms with E-state index in [1.807, 2.05) is 73.0 Å². The Kier molecular flexibility index (Phi) is 6.10. The van der Waals surface area contributed by atoms with Crippen LogP contribution in [0.25, 0.3) is 33.1 Å². The number of alkyl halides is 3. The second-order valence-corrected chi connectivity index (χ2v) is 10.0. The van der Waals surface area contributed by atoms with E-state index in [0.29, 0.717) is 33.6 Å². The predicted octanol–water partition coefficient (Wildman–Crippen LogP) is 7.62. The highest BCUT2D eigenvalue weighted by Gasteiger charge is 2.31. The predicted molar refractivity (Wildman–Crippen MR) is 137 cm³/mol. The number of hydrogen-bond acceptors (Lipinski definition) is 4. The minimum Gasteiger partial charge on any atom is -0.386 e. The first-order valence-corrected chi connectivity index (χ1v) is 12.2. The van der Waals surface area contributed by atoms with Gasteiger partial charge in [-0.25, -0.2) is 0 Å². The number of benzene rings is 2. The maximum Gasteiger partial charge on any atom is 0.389 e. The van der Waals surface area contributed by atoms with Crippen LogP contribution in [0.5, 0.6) is 0 Å². The van der Waals surface area contributed by atoms with Gasteiger partial charge in [-0.15, -0.1) is 0 Å². The van der Waals surface area contributed by atoms with Crippen LogP contribution in [0, 0.1) is 13.8 Å². The van der Waals surface area contributed by atoms with Crippen LogP contribution in [0.15, 0.2) is 65.3 Å². The molecule has 1 N–H and O–H groups in total. The highest BCUT2D eigenvalue weighted by atomic mass is 19.4. The van der Waals surface area contributed by atoms with Crippen molar-refractivity contribution in [1.29, 1.82) is 0 Å². The minimum atomic E-state index is -4.30. The first-order valence-electron chi connectivity index (χ1n) is 12.2. The molecule has 0 saturated carbocycles. The van der Waals surface area contributed by atoms with Crippen LogP contribution >= 0.6 is 0 Å². The van der Waals surface area contributed by atoms with Gasteiger partial charge in [0.05, 0.1) is 33.9 Å². The molecule has 5 nitrogen and oxygen atoms in total. The topological polar surface area (TPSA) is 64.1 Å². The largest absolute Gasteiger partial charge is 0.389 e. The Hall–Kier alpha value is -3.65. The first kappa shape index (κ1) is 25.0. The highest BCUT2D eigenvalue weighted by molar-refractivity contribution is 6.07. The van der Waals surface area contributed by atoms with Gasteiger partial charge < -0.3 is 14.2 Å². The van der Waals surface area contributed by atoms with E-state index < -0.39 is 24.2 Å². The molecule has 0 fully saturated rings. The summed E-state index contributed by atoms with van der Waals surface area (Å²) in [6.45, 7) is 7.04. The van der Waals surface area contributed by atoms with Gasteiger partial charge in [-0.2, -0.15) is 13.2 Å². The average Bonchev–Trinajstić information content (AvgIpc) is 3.34. The zero-order valence-electron chi connectivity index (χ0n) is 21.1. The van der Waals surface area contributed by atoms with Crippen molar-refractivity contribution < 1.29 is 22.8 Å². The molecule has 0 unspecified atom stereocenters. The van der Waals surface area contributed by atoms with Crippen LogP contribution in [0.1, 0.15) is 55.3 Å². The summed E-state index contributed by atoms with van der Waals surface area (Å²) in [6, 6.07) is 16.1. The van der Waals surface area contributed by atoms with E-state index in [2.05, 4.69) is 5.16 Å². The fraction of sp³-hybridized carbons (Fsp3) is 0.310.